The van der Waals surface area contributed by atoms with Crippen molar-refractivity contribution in [3.8, 4) is 16.1 Å². The van der Waals surface area contributed by atoms with E-state index in [0.717, 1.165) is 40.2 Å². The molecule has 1 N–H and O–H groups in total. The maximum atomic E-state index is 13.9. The zero-order valence-electron chi connectivity index (χ0n) is 16.0. The van der Waals surface area contributed by atoms with Crippen molar-refractivity contribution in [1.29, 1.82) is 0 Å². The number of carbonyl (C=O) groups is 1. The van der Waals surface area contributed by atoms with E-state index in [4.69, 9.17) is 0 Å². The average Bonchev–Trinajstić information content (AvgIpc) is 3.38. The maximum absolute atomic E-state index is 13.9. The van der Waals surface area contributed by atoms with Crippen LogP contribution in [0, 0.1) is 17.5 Å². The molecule has 4 aromatic rings. The van der Waals surface area contributed by atoms with Gasteiger partial charge in [0.25, 0.3) is 5.91 Å². The molecule has 2 heterocycles. The van der Waals surface area contributed by atoms with E-state index < -0.39 is 29.0 Å². The Hall–Kier alpha value is -3.46. The number of rotatable bonds is 3. The lowest BCUT2D eigenvalue weighted by atomic mass is 10.0. The number of aryl methyl sites for hydroxylation is 2. The molecule has 0 saturated carbocycles. The third-order valence-corrected chi connectivity index (χ3v) is 6.27. The van der Waals surface area contributed by atoms with Gasteiger partial charge in [0.1, 0.15) is 11.5 Å². The van der Waals surface area contributed by atoms with Gasteiger partial charge < -0.3 is 9.88 Å². The zero-order valence-corrected chi connectivity index (χ0v) is 16.8. The third-order valence-electron chi connectivity index (χ3n) is 5.14. The number of hydrogen-bond acceptors (Lipinski definition) is 4. The van der Waals surface area contributed by atoms with Crippen molar-refractivity contribution in [2.45, 2.75) is 19.3 Å². The molecule has 5 rings (SSSR count). The van der Waals surface area contributed by atoms with E-state index in [1.165, 1.54) is 11.3 Å². The van der Waals surface area contributed by atoms with Crippen LogP contribution >= 0.6 is 11.3 Å². The Morgan fingerprint density at radius 3 is 2.65 bits per heavy atom. The van der Waals surface area contributed by atoms with E-state index in [2.05, 4.69) is 21.4 Å². The highest BCUT2D eigenvalue weighted by atomic mass is 32.1. The molecule has 0 saturated heterocycles. The van der Waals surface area contributed by atoms with Crippen LogP contribution in [0.1, 0.15) is 27.5 Å². The fraction of sp³-hybridized carbons (Fsp3) is 0.136. The molecule has 0 bridgehead atoms. The molecule has 0 unspecified atom stereocenters. The van der Waals surface area contributed by atoms with Gasteiger partial charge in [0.15, 0.2) is 16.6 Å². The summed E-state index contributed by atoms with van der Waals surface area (Å²) >= 11 is 1.17. The first kappa shape index (κ1) is 19.5. The molecule has 2 aromatic heterocycles. The molecule has 0 aliphatic heterocycles. The Bertz CT molecular complexity index is 1280. The highest BCUT2D eigenvalue weighted by Gasteiger charge is 2.24. The van der Waals surface area contributed by atoms with E-state index in [1.807, 2.05) is 22.9 Å². The molecule has 0 spiro atoms. The highest BCUT2D eigenvalue weighted by Crippen LogP contribution is 2.38. The molecule has 1 aliphatic carbocycles. The van der Waals surface area contributed by atoms with Crippen LogP contribution in [0.5, 0.6) is 0 Å². The number of amides is 1. The van der Waals surface area contributed by atoms with E-state index in [-0.39, 0.29) is 5.01 Å². The van der Waals surface area contributed by atoms with Crippen molar-refractivity contribution in [3.63, 3.8) is 0 Å². The van der Waals surface area contributed by atoms with Crippen molar-refractivity contribution < 1.29 is 18.0 Å². The van der Waals surface area contributed by atoms with Gasteiger partial charge in [0.05, 0.1) is 16.9 Å². The summed E-state index contributed by atoms with van der Waals surface area (Å²) in [6.07, 6.45) is 7.69. The summed E-state index contributed by atoms with van der Waals surface area (Å²) in [5.41, 5.74) is 3.14. The van der Waals surface area contributed by atoms with Gasteiger partial charge in [-0.15, -0.1) is 11.3 Å². The van der Waals surface area contributed by atoms with Gasteiger partial charge in [-0.1, -0.05) is 6.07 Å². The highest BCUT2D eigenvalue weighted by molar-refractivity contribution is 7.17. The molecular formula is C22H15F3N4OS. The summed E-state index contributed by atoms with van der Waals surface area (Å²) in [4.78, 5) is 22.1. The second kappa shape index (κ2) is 7.66. The molecule has 0 radical (unpaired) electrons. The maximum Gasteiger partial charge on any atom is 0.284 e. The quantitative estimate of drug-likeness (QED) is 0.479. The lowest BCUT2D eigenvalue weighted by molar-refractivity contribution is 0.102. The Morgan fingerprint density at radius 2 is 1.90 bits per heavy atom. The summed E-state index contributed by atoms with van der Waals surface area (Å²) in [6.45, 7) is 0. The summed E-state index contributed by atoms with van der Waals surface area (Å²) in [5, 5.41) is 2.28. The number of thiazole rings is 1. The van der Waals surface area contributed by atoms with Crippen molar-refractivity contribution in [3.05, 3.63) is 82.8 Å². The van der Waals surface area contributed by atoms with Crippen LogP contribution in [-0.4, -0.2) is 20.4 Å². The Kier molecular flexibility index (Phi) is 4.82. The Morgan fingerprint density at radius 1 is 1.10 bits per heavy atom. The van der Waals surface area contributed by atoms with Crippen LogP contribution < -0.4 is 5.32 Å². The molecular weight excluding hydrogens is 425 g/mol. The number of halogens is 3. The molecule has 1 aliphatic rings. The van der Waals surface area contributed by atoms with Gasteiger partial charge in [-0.2, -0.15) is 0 Å². The number of carbonyl (C=O) groups excluding carboxylic acids is 1. The zero-order chi connectivity index (χ0) is 21.5. The average molecular weight is 440 g/mol. The molecule has 5 nitrogen and oxygen atoms in total. The minimum atomic E-state index is -1.18. The summed E-state index contributed by atoms with van der Waals surface area (Å²) in [6, 6.07) is 7.14. The Labute approximate surface area is 179 Å². The molecule has 9 heteroatoms. The Balaban J connectivity index is 1.52. The van der Waals surface area contributed by atoms with E-state index >= 15 is 0 Å². The van der Waals surface area contributed by atoms with Gasteiger partial charge in [0, 0.05) is 30.2 Å². The van der Waals surface area contributed by atoms with Crippen LogP contribution in [0.4, 0.5) is 18.9 Å². The lowest BCUT2D eigenvalue weighted by Gasteiger charge is -2.09. The van der Waals surface area contributed by atoms with Crippen LogP contribution in [0.2, 0.25) is 0 Å². The predicted molar refractivity (Wildman–Crippen MR) is 111 cm³/mol. The number of aromatic nitrogens is 3. The van der Waals surface area contributed by atoms with Crippen LogP contribution in [0.25, 0.3) is 16.1 Å². The minimum Gasteiger partial charge on any atom is -0.315 e. The first-order valence-corrected chi connectivity index (χ1v) is 10.4. The van der Waals surface area contributed by atoms with Crippen molar-refractivity contribution in [1.82, 2.24) is 14.5 Å². The smallest absolute Gasteiger partial charge is 0.284 e. The molecule has 2 aromatic carbocycles. The number of imidazole rings is 1. The minimum absolute atomic E-state index is 0.0917. The lowest BCUT2D eigenvalue weighted by Crippen LogP contribution is -2.14. The van der Waals surface area contributed by atoms with Gasteiger partial charge >= 0.3 is 0 Å². The fourth-order valence-electron chi connectivity index (χ4n) is 3.67. The van der Waals surface area contributed by atoms with Gasteiger partial charge in [-0.3, -0.25) is 4.79 Å². The fourth-order valence-corrected chi connectivity index (χ4v) is 4.73. The summed E-state index contributed by atoms with van der Waals surface area (Å²) < 4.78 is 42.9. The number of nitrogens with one attached hydrogen (secondary N) is 1. The predicted octanol–water partition coefficient (Wildman–Crippen LogP) is 5.15. The SMILES string of the molecule is O=C(Nc1c(F)cc(F)cc1F)c1nc2c(s1)-c1cc(-n3ccnc3)ccc1CCC2. The number of nitrogens with zero attached hydrogens (tertiary/aromatic N) is 3. The molecule has 1 amide bonds. The summed E-state index contributed by atoms with van der Waals surface area (Å²) in [7, 11) is 0. The number of hydrogen-bond donors (Lipinski definition) is 1. The molecule has 31 heavy (non-hydrogen) atoms. The number of benzene rings is 2. The number of anilines is 1. The normalized spacial score (nSPS) is 12.7. The first-order chi connectivity index (χ1) is 15.0. The monoisotopic (exact) mass is 440 g/mol. The van der Waals surface area contributed by atoms with Gasteiger partial charge in [-0.05, 0) is 42.5 Å². The van der Waals surface area contributed by atoms with E-state index in [1.54, 1.807) is 12.5 Å². The molecule has 0 atom stereocenters. The van der Waals surface area contributed by atoms with E-state index in [9.17, 15) is 18.0 Å². The van der Waals surface area contributed by atoms with Gasteiger partial charge in [-0.25, -0.2) is 23.1 Å². The van der Waals surface area contributed by atoms with Crippen LogP contribution in [0.3, 0.4) is 0 Å². The van der Waals surface area contributed by atoms with Crippen LogP contribution in [0.15, 0.2) is 49.1 Å². The van der Waals surface area contributed by atoms with Crippen molar-refractivity contribution in [2.75, 3.05) is 5.32 Å². The van der Waals surface area contributed by atoms with Gasteiger partial charge in [0.2, 0.25) is 0 Å². The largest absolute Gasteiger partial charge is 0.315 e. The standard InChI is InChI=1S/C22H15F3N4OS/c23-13-8-16(24)19(17(25)9-13)28-21(30)22-27-18-3-1-2-12-4-5-14(29-7-6-26-11-29)10-15(12)20(18)31-22/h4-11H,1-3H2,(H,28,30). The molecule has 156 valence electrons. The van der Waals surface area contributed by atoms with Crippen molar-refractivity contribution in [2.24, 2.45) is 0 Å². The second-order valence-corrected chi connectivity index (χ2v) is 8.16. The van der Waals surface area contributed by atoms with Crippen molar-refractivity contribution >= 4 is 22.9 Å². The summed E-state index contributed by atoms with van der Waals surface area (Å²) in [5.74, 6) is -4.16. The number of fused-ring (bicyclic) bond motifs is 3. The molecule has 0 fully saturated rings. The second-order valence-electron chi connectivity index (χ2n) is 7.16. The van der Waals surface area contributed by atoms with E-state index in [0.29, 0.717) is 18.6 Å². The van der Waals surface area contributed by atoms with Crippen LogP contribution in [-0.2, 0) is 12.8 Å². The first-order valence-electron chi connectivity index (χ1n) is 9.57. The third kappa shape index (κ3) is 3.61. The topological polar surface area (TPSA) is 59.8 Å².